The Morgan fingerprint density at radius 1 is 1.18 bits per heavy atom. The molecule has 0 aliphatic carbocycles. The zero-order valence-electron chi connectivity index (χ0n) is 11.9. The normalized spacial score (nSPS) is 9.91. The fourth-order valence-corrected chi connectivity index (χ4v) is 1.77. The Kier molecular flexibility index (Phi) is 6.65. The van der Waals surface area contributed by atoms with Gasteiger partial charge < -0.3 is 15.2 Å². The molecular weight excluding hydrogens is 302 g/mol. The Bertz CT molecular complexity index is 650. The summed E-state index contributed by atoms with van der Waals surface area (Å²) in [5.41, 5.74) is 1.57. The Hall–Kier alpha value is -2.13. The lowest BCUT2D eigenvalue weighted by Crippen LogP contribution is -2.13. The maximum Gasteiger partial charge on any atom is 0.145 e. The van der Waals surface area contributed by atoms with Gasteiger partial charge in [0.15, 0.2) is 0 Å². The van der Waals surface area contributed by atoms with E-state index in [1.807, 2.05) is 12.1 Å². The van der Waals surface area contributed by atoms with Crippen molar-refractivity contribution in [2.45, 2.75) is 0 Å². The predicted molar refractivity (Wildman–Crippen MR) is 85.9 cm³/mol. The minimum atomic E-state index is 0.0192. The van der Waals surface area contributed by atoms with Gasteiger partial charge in [0.2, 0.25) is 0 Å². The van der Waals surface area contributed by atoms with Crippen molar-refractivity contribution in [3.8, 4) is 11.8 Å². The van der Waals surface area contributed by atoms with Crippen molar-refractivity contribution in [1.82, 2.24) is 9.97 Å². The highest BCUT2D eigenvalue weighted by atomic mass is 35.5. The highest BCUT2D eigenvalue weighted by molar-refractivity contribution is 6.30. The van der Waals surface area contributed by atoms with Gasteiger partial charge in [0, 0.05) is 23.3 Å². The summed E-state index contributed by atoms with van der Waals surface area (Å²) >= 11 is 5.84. The first-order valence-corrected chi connectivity index (χ1v) is 7.17. The van der Waals surface area contributed by atoms with E-state index in [-0.39, 0.29) is 6.61 Å². The topological polar surface area (TPSA) is 67.3 Å². The molecule has 0 unspecified atom stereocenters. The molecule has 0 atom stereocenters. The molecule has 1 aromatic heterocycles. The highest BCUT2D eigenvalue weighted by Crippen LogP contribution is 2.10. The van der Waals surface area contributed by atoms with Crippen molar-refractivity contribution < 1.29 is 9.84 Å². The zero-order valence-corrected chi connectivity index (χ0v) is 12.7. The van der Waals surface area contributed by atoms with Gasteiger partial charge in [-0.3, -0.25) is 0 Å². The number of nitrogens with one attached hydrogen (secondary N) is 1. The fraction of sp³-hybridized carbons (Fsp3) is 0.250. The number of anilines is 1. The van der Waals surface area contributed by atoms with Crippen molar-refractivity contribution in [2.24, 2.45) is 0 Å². The van der Waals surface area contributed by atoms with Crippen LogP contribution in [-0.4, -0.2) is 41.4 Å². The van der Waals surface area contributed by atoms with Crippen LogP contribution in [0, 0.1) is 11.8 Å². The van der Waals surface area contributed by atoms with E-state index in [9.17, 15) is 0 Å². The second-order valence-electron chi connectivity index (χ2n) is 4.30. The molecule has 2 rings (SSSR count). The smallest absolute Gasteiger partial charge is 0.145 e. The summed E-state index contributed by atoms with van der Waals surface area (Å²) in [4.78, 5) is 8.16. The maximum absolute atomic E-state index is 8.63. The Labute approximate surface area is 134 Å². The quantitative estimate of drug-likeness (QED) is 0.629. The van der Waals surface area contributed by atoms with Gasteiger partial charge in [-0.15, -0.1) is 0 Å². The summed E-state index contributed by atoms with van der Waals surface area (Å²) in [6.45, 7) is 1.40. The van der Waals surface area contributed by atoms with Crippen LogP contribution in [0.1, 0.15) is 11.1 Å². The van der Waals surface area contributed by atoms with Gasteiger partial charge >= 0.3 is 0 Å². The lowest BCUT2D eigenvalue weighted by atomic mass is 10.2. The highest BCUT2D eigenvalue weighted by Gasteiger charge is 2.00. The average molecular weight is 318 g/mol. The van der Waals surface area contributed by atoms with Gasteiger partial charge in [0.1, 0.15) is 12.1 Å². The molecule has 0 radical (unpaired) electrons. The van der Waals surface area contributed by atoms with Crippen LogP contribution in [0.4, 0.5) is 5.82 Å². The molecule has 5 nitrogen and oxygen atoms in total. The third-order valence-electron chi connectivity index (χ3n) is 2.67. The van der Waals surface area contributed by atoms with Crippen LogP contribution >= 0.6 is 11.6 Å². The lowest BCUT2D eigenvalue weighted by molar-refractivity contribution is 0.0992. The first kappa shape index (κ1) is 16.2. The molecule has 0 spiro atoms. The van der Waals surface area contributed by atoms with Crippen molar-refractivity contribution in [3.63, 3.8) is 0 Å². The number of ether oxygens (including phenoxy) is 1. The number of aliphatic hydroxyl groups excluding tert-OH is 1. The number of hydrogen-bond donors (Lipinski definition) is 2. The summed E-state index contributed by atoms with van der Waals surface area (Å²) in [5, 5.41) is 12.4. The van der Waals surface area contributed by atoms with Crippen molar-refractivity contribution >= 4 is 17.4 Å². The van der Waals surface area contributed by atoms with Crippen LogP contribution in [0.5, 0.6) is 0 Å². The maximum atomic E-state index is 8.63. The largest absolute Gasteiger partial charge is 0.394 e. The average Bonchev–Trinajstić information content (AvgIpc) is 2.55. The molecule has 22 heavy (non-hydrogen) atoms. The van der Waals surface area contributed by atoms with Crippen LogP contribution in [0.3, 0.4) is 0 Å². The third kappa shape index (κ3) is 5.34. The van der Waals surface area contributed by atoms with Crippen molar-refractivity contribution in [2.75, 3.05) is 31.7 Å². The second-order valence-corrected chi connectivity index (χ2v) is 4.74. The third-order valence-corrected chi connectivity index (χ3v) is 2.92. The standard InChI is InChI=1S/C16H16ClN3O2/c17-15-5-2-13(3-6-15)1-4-14-11-18-12-20-16(14)19-7-9-22-10-8-21/h2-3,5-6,11-12,21H,7-10H2,(H,18,19,20). The molecule has 0 aliphatic rings. The summed E-state index contributed by atoms with van der Waals surface area (Å²) in [6.07, 6.45) is 3.12. The molecule has 0 fully saturated rings. The summed E-state index contributed by atoms with van der Waals surface area (Å²) in [7, 11) is 0. The molecule has 6 heteroatoms. The molecule has 2 N–H and O–H groups in total. The van der Waals surface area contributed by atoms with Crippen LogP contribution in [-0.2, 0) is 4.74 Å². The molecule has 0 saturated heterocycles. The van der Waals surface area contributed by atoms with Gasteiger partial charge in [-0.2, -0.15) is 0 Å². The van der Waals surface area contributed by atoms with Crippen molar-refractivity contribution in [1.29, 1.82) is 0 Å². The lowest BCUT2D eigenvalue weighted by Gasteiger charge is -2.07. The van der Waals surface area contributed by atoms with Crippen LogP contribution < -0.4 is 5.32 Å². The zero-order chi connectivity index (χ0) is 15.6. The molecule has 0 saturated carbocycles. The number of aromatic nitrogens is 2. The number of benzene rings is 1. The van der Waals surface area contributed by atoms with E-state index < -0.39 is 0 Å². The summed E-state index contributed by atoms with van der Waals surface area (Å²) in [5.74, 6) is 6.74. The van der Waals surface area contributed by atoms with E-state index in [1.54, 1.807) is 18.3 Å². The monoisotopic (exact) mass is 317 g/mol. The first-order chi connectivity index (χ1) is 10.8. The Morgan fingerprint density at radius 2 is 2.00 bits per heavy atom. The number of hydrogen-bond acceptors (Lipinski definition) is 5. The van der Waals surface area contributed by atoms with Gasteiger partial charge in [0.05, 0.1) is 25.4 Å². The molecule has 0 amide bonds. The molecule has 1 heterocycles. The molecule has 114 valence electrons. The van der Waals surface area contributed by atoms with Gasteiger partial charge in [-0.1, -0.05) is 23.4 Å². The molecular formula is C16H16ClN3O2. The van der Waals surface area contributed by atoms with Gasteiger partial charge in [0.25, 0.3) is 0 Å². The molecule has 2 aromatic rings. The van der Waals surface area contributed by atoms with Crippen molar-refractivity contribution in [3.05, 3.63) is 52.9 Å². The van der Waals surface area contributed by atoms with Gasteiger partial charge in [-0.05, 0) is 24.3 Å². The number of rotatable bonds is 6. The minimum Gasteiger partial charge on any atom is -0.394 e. The number of nitrogens with zero attached hydrogens (tertiary/aromatic N) is 2. The van der Waals surface area contributed by atoms with E-state index in [4.69, 9.17) is 21.4 Å². The molecule has 1 aromatic carbocycles. The van der Waals surface area contributed by atoms with E-state index in [2.05, 4.69) is 27.1 Å². The van der Waals surface area contributed by atoms with Gasteiger partial charge in [-0.25, -0.2) is 9.97 Å². The fourth-order valence-electron chi connectivity index (χ4n) is 1.64. The first-order valence-electron chi connectivity index (χ1n) is 6.79. The van der Waals surface area contributed by atoms with Crippen LogP contribution in [0.15, 0.2) is 36.8 Å². The van der Waals surface area contributed by atoms with E-state index in [1.165, 1.54) is 6.33 Å². The van der Waals surface area contributed by atoms with E-state index in [0.717, 1.165) is 5.56 Å². The summed E-state index contributed by atoms with van der Waals surface area (Å²) in [6, 6.07) is 7.30. The number of aliphatic hydroxyl groups is 1. The van der Waals surface area contributed by atoms with E-state index >= 15 is 0 Å². The van der Waals surface area contributed by atoms with E-state index in [0.29, 0.717) is 36.2 Å². The summed E-state index contributed by atoms with van der Waals surface area (Å²) < 4.78 is 5.18. The molecule has 0 aliphatic heterocycles. The predicted octanol–water partition coefficient (Wildman–Crippen LogP) is 1.95. The Morgan fingerprint density at radius 3 is 2.77 bits per heavy atom. The van der Waals surface area contributed by atoms with Crippen LogP contribution in [0.25, 0.3) is 0 Å². The number of halogens is 1. The minimum absolute atomic E-state index is 0.0192. The SMILES string of the molecule is OCCOCCNc1ncncc1C#Cc1ccc(Cl)cc1. The second kappa shape index (κ2) is 9.00. The molecule has 0 bridgehead atoms. The van der Waals surface area contributed by atoms with Crippen LogP contribution in [0.2, 0.25) is 5.02 Å². The Balaban J connectivity index is 2.01.